The van der Waals surface area contributed by atoms with Crippen LogP contribution in [0.25, 0.3) is 10.9 Å². The summed E-state index contributed by atoms with van der Waals surface area (Å²) in [5.74, 6) is 0.188. The van der Waals surface area contributed by atoms with Gasteiger partial charge in [-0.3, -0.25) is 9.59 Å². The zero-order chi connectivity index (χ0) is 24.2. The van der Waals surface area contributed by atoms with E-state index in [4.69, 9.17) is 32.4 Å². The fourth-order valence-corrected chi connectivity index (χ4v) is 4.00. The van der Waals surface area contributed by atoms with Crippen LogP contribution >= 0.6 is 23.2 Å². The van der Waals surface area contributed by atoms with E-state index in [0.29, 0.717) is 32.9 Å². The van der Waals surface area contributed by atoms with Crippen molar-refractivity contribution in [3.05, 3.63) is 87.9 Å². The molecule has 0 spiro atoms. The third-order valence-corrected chi connectivity index (χ3v) is 5.80. The van der Waals surface area contributed by atoms with Gasteiger partial charge in [0.15, 0.2) is 12.4 Å². The number of nitrogens with zero attached hydrogens (tertiary/aromatic N) is 2. The molecule has 0 saturated heterocycles. The Bertz CT molecular complexity index is 1360. The Labute approximate surface area is 206 Å². The first-order valence-corrected chi connectivity index (χ1v) is 11.1. The SMILES string of the molecule is Cc1ccc2c(Cl)cc(Cl)c(OCC(=O)N(C)c3ccccc3C(=O)NCc3ccco3)c2n1. The number of anilines is 1. The Morgan fingerprint density at radius 1 is 1.09 bits per heavy atom. The minimum atomic E-state index is -0.377. The van der Waals surface area contributed by atoms with Crippen LogP contribution in [0.2, 0.25) is 10.0 Å². The Morgan fingerprint density at radius 2 is 1.88 bits per heavy atom. The van der Waals surface area contributed by atoms with Crippen molar-refractivity contribution in [2.45, 2.75) is 13.5 Å². The first-order valence-electron chi connectivity index (χ1n) is 10.4. The van der Waals surface area contributed by atoms with Crippen molar-refractivity contribution in [3.8, 4) is 5.75 Å². The van der Waals surface area contributed by atoms with Crippen molar-refractivity contribution < 1.29 is 18.7 Å². The van der Waals surface area contributed by atoms with Crippen molar-refractivity contribution in [1.82, 2.24) is 10.3 Å². The maximum Gasteiger partial charge on any atom is 0.264 e. The highest BCUT2D eigenvalue weighted by Crippen LogP contribution is 2.37. The van der Waals surface area contributed by atoms with Crippen LogP contribution in [-0.2, 0) is 11.3 Å². The molecule has 9 heteroatoms. The Hall–Kier alpha value is -3.55. The van der Waals surface area contributed by atoms with Crippen LogP contribution < -0.4 is 15.0 Å². The number of carbonyl (C=O) groups excluding carboxylic acids is 2. The number of halogens is 2. The fraction of sp³-hybridized carbons (Fsp3) is 0.160. The second kappa shape index (κ2) is 10.2. The van der Waals surface area contributed by atoms with Crippen LogP contribution in [0.15, 0.2) is 65.3 Å². The third-order valence-electron chi connectivity index (χ3n) is 5.20. The predicted octanol–water partition coefficient (Wildman–Crippen LogP) is 5.41. The largest absolute Gasteiger partial charge is 0.480 e. The molecule has 2 amide bonds. The minimum absolute atomic E-state index is 0.232. The van der Waals surface area contributed by atoms with Crippen LogP contribution in [0, 0.1) is 6.92 Å². The Balaban J connectivity index is 1.51. The minimum Gasteiger partial charge on any atom is -0.480 e. The molecular formula is C25H21Cl2N3O4. The molecule has 2 aromatic heterocycles. The number of likely N-dealkylation sites (N-methyl/N-ethyl adjacent to an activating group) is 1. The molecule has 34 heavy (non-hydrogen) atoms. The first kappa shape index (κ1) is 23.6. The topological polar surface area (TPSA) is 84.7 Å². The van der Waals surface area contributed by atoms with E-state index in [1.54, 1.807) is 49.5 Å². The average Bonchev–Trinajstić information content (AvgIpc) is 3.35. The summed E-state index contributed by atoms with van der Waals surface area (Å²) < 4.78 is 11.0. The number of hydrogen-bond acceptors (Lipinski definition) is 5. The molecule has 0 aliphatic rings. The van der Waals surface area contributed by atoms with Crippen molar-refractivity contribution in [2.24, 2.45) is 0 Å². The molecule has 0 saturated carbocycles. The van der Waals surface area contributed by atoms with Gasteiger partial charge in [-0.05, 0) is 49.4 Å². The Kier molecular flexibility index (Phi) is 7.05. The number of aryl methyl sites for hydroxylation is 1. The van der Waals surface area contributed by atoms with Crippen LogP contribution in [0.3, 0.4) is 0 Å². The van der Waals surface area contributed by atoms with Crippen molar-refractivity contribution in [1.29, 1.82) is 0 Å². The fourth-order valence-electron chi connectivity index (χ4n) is 3.43. The number of fused-ring (bicyclic) bond motifs is 1. The lowest BCUT2D eigenvalue weighted by atomic mass is 10.1. The molecule has 4 aromatic rings. The van der Waals surface area contributed by atoms with Gasteiger partial charge >= 0.3 is 0 Å². The first-order chi connectivity index (χ1) is 16.3. The highest BCUT2D eigenvalue weighted by molar-refractivity contribution is 6.39. The lowest BCUT2D eigenvalue weighted by Gasteiger charge is -2.21. The molecule has 2 heterocycles. The Morgan fingerprint density at radius 3 is 2.65 bits per heavy atom. The maximum atomic E-state index is 13.0. The number of nitrogens with one attached hydrogen (secondary N) is 1. The number of rotatable bonds is 7. The number of amides is 2. The maximum absolute atomic E-state index is 13.0. The average molecular weight is 498 g/mol. The zero-order valence-corrected chi connectivity index (χ0v) is 20.0. The van der Waals surface area contributed by atoms with Gasteiger partial charge in [-0.1, -0.05) is 35.3 Å². The second-order valence-electron chi connectivity index (χ2n) is 7.54. The van der Waals surface area contributed by atoms with Crippen LogP contribution in [-0.4, -0.2) is 30.5 Å². The van der Waals surface area contributed by atoms with E-state index < -0.39 is 0 Å². The number of benzene rings is 2. The highest BCUT2D eigenvalue weighted by Gasteiger charge is 2.21. The van der Waals surface area contributed by atoms with Crippen molar-refractivity contribution in [3.63, 3.8) is 0 Å². The molecule has 0 bridgehead atoms. The molecule has 0 aliphatic carbocycles. The van der Waals surface area contributed by atoms with Crippen molar-refractivity contribution >= 4 is 51.6 Å². The van der Waals surface area contributed by atoms with Gasteiger partial charge in [0.05, 0.1) is 34.1 Å². The number of pyridine rings is 1. The summed E-state index contributed by atoms with van der Waals surface area (Å²) in [7, 11) is 1.58. The smallest absolute Gasteiger partial charge is 0.264 e. The molecule has 0 aliphatic heterocycles. The van der Waals surface area contributed by atoms with Gasteiger partial charge in [0.1, 0.15) is 11.3 Å². The second-order valence-corrected chi connectivity index (χ2v) is 8.35. The van der Waals surface area contributed by atoms with E-state index in [9.17, 15) is 9.59 Å². The zero-order valence-electron chi connectivity index (χ0n) is 18.5. The van der Waals surface area contributed by atoms with Gasteiger partial charge in [-0.2, -0.15) is 0 Å². The number of furan rings is 1. The molecule has 0 fully saturated rings. The van der Waals surface area contributed by atoms with E-state index in [1.165, 1.54) is 11.2 Å². The molecule has 4 rings (SSSR count). The normalized spacial score (nSPS) is 10.8. The molecule has 174 valence electrons. The van der Waals surface area contributed by atoms with Gasteiger partial charge in [-0.25, -0.2) is 4.98 Å². The van der Waals surface area contributed by atoms with Gasteiger partial charge in [-0.15, -0.1) is 0 Å². The number of ether oxygens (including phenoxy) is 1. The van der Waals surface area contributed by atoms with E-state index in [2.05, 4.69) is 10.3 Å². The molecule has 7 nitrogen and oxygen atoms in total. The summed E-state index contributed by atoms with van der Waals surface area (Å²) in [5, 5.41) is 4.16. The quantitative estimate of drug-likeness (QED) is 0.368. The summed E-state index contributed by atoms with van der Waals surface area (Å²) in [6.07, 6.45) is 1.54. The molecule has 0 unspecified atom stereocenters. The highest BCUT2D eigenvalue weighted by atomic mass is 35.5. The number of carbonyl (C=O) groups is 2. The van der Waals surface area contributed by atoms with Gasteiger partial charge < -0.3 is 19.4 Å². The summed E-state index contributed by atoms with van der Waals surface area (Å²) in [6.45, 7) is 1.76. The molecule has 0 atom stereocenters. The van der Waals surface area contributed by atoms with Gasteiger partial charge in [0, 0.05) is 18.1 Å². The summed E-state index contributed by atoms with van der Waals surface area (Å²) >= 11 is 12.6. The molecular weight excluding hydrogens is 477 g/mol. The molecule has 0 radical (unpaired) electrons. The lowest BCUT2D eigenvalue weighted by Crippen LogP contribution is -2.33. The summed E-state index contributed by atoms with van der Waals surface area (Å²) in [5.41, 5.74) is 2.02. The molecule has 1 N–H and O–H groups in total. The summed E-state index contributed by atoms with van der Waals surface area (Å²) in [4.78, 5) is 31.6. The van der Waals surface area contributed by atoms with E-state index in [-0.39, 0.29) is 35.7 Å². The monoisotopic (exact) mass is 497 g/mol. The van der Waals surface area contributed by atoms with E-state index in [1.807, 2.05) is 19.1 Å². The standard InChI is InChI=1S/C25H21Cl2N3O4/c1-15-9-10-17-19(26)12-20(27)24(23(17)29-15)34-14-22(31)30(2)21-8-4-3-7-18(21)25(32)28-13-16-6-5-11-33-16/h3-12H,13-14H2,1-2H3,(H,28,32). The van der Waals surface area contributed by atoms with Crippen LogP contribution in [0.4, 0.5) is 5.69 Å². The number of hydrogen-bond donors (Lipinski definition) is 1. The van der Waals surface area contributed by atoms with Crippen LogP contribution in [0.1, 0.15) is 21.8 Å². The third kappa shape index (κ3) is 5.00. The number of aromatic nitrogens is 1. The lowest BCUT2D eigenvalue weighted by molar-refractivity contribution is -0.120. The van der Waals surface area contributed by atoms with Crippen molar-refractivity contribution in [2.75, 3.05) is 18.6 Å². The van der Waals surface area contributed by atoms with Gasteiger partial charge in [0.25, 0.3) is 11.8 Å². The van der Waals surface area contributed by atoms with E-state index in [0.717, 1.165) is 5.69 Å². The number of para-hydroxylation sites is 1. The van der Waals surface area contributed by atoms with Crippen LogP contribution in [0.5, 0.6) is 5.75 Å². The predicted molar refractivity (Wildman–Crippen MR) is 132 cm³/mol. The molecule has 2 aromatic carbocycles. The van der Waals surface area contributed by atoms with E-state index >= 15 is 0 Å². The summed E-state index contributed by atoms with van der Waals surface area (Å²) in [6, 6.07) is 15.5. The van der Waals surface area contributed by atoms with Gasteiger partial charge in [0.2, 0.25) is 0 Å².